The van der Waals surface area contributed by atoms with Crippen LogP contribution in [0, 0.1) is 0 Å². The molecule has 0 aliphatic heterocycles. The van der Waals surface area contributed by atoms with Crippen molar-refractivity contribution in [1.29, 1.82) is 0 Å². The van der Waals surface area contributed by atoms with Gasteiger partial charge in [-0.1, -0.05) is 13.0 Å². The fourth-order valence-electron chi connectivity index (χ4n) is 2.27. The van der Waals surface area contributed by atoms with Gasteiger partial charge in [0.05, 0.1) is 11.3 Å². The van der Waals surface area contributed by atoms with Crippen molar-refractivity contribution in [3.63, 3.8) is 0 Å². The summed E-state index contributed by atoms with van der Waals surface area (Å²) in [6.07, 6.45) is 5.33. The predicted molar refractivity (Wildman–Crippen MR) is 75.8 cm³/mol. The Kier molecular flexibility index (Phi) is 4.17. The molecule has 1 aliphatic carbocycles. The van der Waals surface area contributed by atoms with Crippen LogP contribution in [-0.4, -0.2) is 29.9 Å². The fraction of sp³-hybridized carbons (Fsp3) is 0.500. The number of hydrogen-bond acceptors (Lipinski definition) is 3. The molecule has 0 heterocycles. The Morgan fingerprint density at radius 1 is 1.50 bits per heavy atom. The zero-order valence-electron chi connectivity index (χ0n) is 10.8. The van der Waals surface area contributed by atoms with E-state index >= 15 is 0 Å². The number of carbonyl (C=O) groups is 1. The largest absolute Gasteiger partial charge is 0.478 e. The summed E-state index contributed by atoms with van der Waals surface area (Å²) >= 11 is 1.50. The summed E-state index contributed by atoms with van der Waals surface area (Å²) in [4.78, 5) is 14.6. The van der Waals surface area contributed by atoms with E-state index in [1.807, 2.05) is 24.5 Å². The first-order valence-electron chi connectivity index (χ1n) is 6.36. The molecule has 1 fully saturated rings. The highest BCUT2D eigenvalue weighted by atomic mass is 32.2. The lowest BCUT2D eigenvalue weighted by molar-refractivity contribution is 0.0694. The number of hydrogen-bond donors (Lipinski definition) is 1. The van der Waals surface area contributed by atoms with Crippen LogP contribution in [0.3, 0.4) is 0 Å². The molecule has 0 spiro atoms. The third-order valence-corrected chi connectivity index (χ3v) is 3.98. The molecule has 0 bridgehead atoms. The van der Waals surface area contributed by atoms with E-state index in [9.17, 15) is 9.90 Å². The topological polar surface area (TPSA) is 40.5 Å². The number of benzene rings is 1. The monoisotopic (exact) mass is 265 g/mol. The number of rotatable bonds is 6. The summed E-state index contributed by atoms with van der Waals surface area (Å²) in [6.45, 7) is 3.07. The summed E-state index contributed by atoms with van der Waals surface area (Å²) < 4.78 is 0. The van der Waals surface area contributed by atoms with Crippen LogP contribution < -0.4 is 4.90 Å². The quantitative estimate of drug-likeness (QED) is 0.799. The van der Waals surface area contributed by atoms with E-state index in [1.165, 1.54) is 24.6 Å². The fourth-order valence-corrected chi connectivity index (χ4v) is 2.88. The molecule has 1 N–H and O–H groups in total. The SMILES string of the molecule is CCCN(c1cccc(SC)c1C(=O)O)C1CC1. The van der Waals surface area contributed by atoms with Gasteiger partial charge in [-0.05, 0) is 37.7 Å². The second kappa shape index (κ2) is 5.65. The van der Waals surface area contributed by atoms with Crippen molar-refractivity contribution in [1.82, 2.24) is 0 Å². The molecule has 4 heteroatoms. The van der Waals surface area contributed by atoms with Crippen LogP contribution in [0.5, 0.6) is 0 Å². The van der Waals surface area contributed by atoms with Crippen LogP contribution in [-0.2, 0) is 0 Å². The van der Waals surface area contributed by atoms with Gasteiger partial charge in [-0.25, -0.2) is 4.79 Å². The predicted octanol–water partition coefficient (Wildman–Crippen LogP) is 3.49. The second-order valence-corrected chi connectivity index (χ2v) is 5.43. The molecule has 2 rings (SSSR count). The molecule has 1 aliphatic rings. The summed E-state index contributed by atoms with van der Waals surface area (Å²) in [6, 6.07) is 6.32. The lowest BCUT2D eigenvalue weighted by atomic mass is 10.1. The zero-order chi connectivity index (χ0) is 13.1. The van der Waals surface area contributed by atoms with E-state index in [0.717, 1.165) is 23.5 Å². The minimum absolute atomic E-state index is 0.463. The highest BCUT2D eigenvalue weighted by Crippen LogP contribution is 2.36. The summed E-state index contributed by atoms with van der Waals surface area (Å²) in [7, 11) is 0. The van der Waals surface area contributed by atoms with Crippen molar-refractivity contribution in [2.75, 3.05) is 17.7 Å². The maximum atomic E-state index is 11.5. The van der Waals surface area contributed by atoms with E-state index in [-0.39, 0.29) is 0 Å². The van der Waals surface area contributed by atoms with Gasteiger partial charge in [0.2, 0.25) is 0 Å². The minimum atomic E-state index is -0.822. The van der Waals surface area contributed by atoms with Crippen LogP contribution >= 0.6 is 11.8 Å². The molecule has 0 saturated heterocycles. The van der Waals surface area contributed by atoms with Crippen LogP contribution in [0.25, 0.3) is 0 Å². The van der Waals surface area contributed by atoms with Crippen molar-refractivity contribution in [3.05, 3.63) is 23.8 Å². The first kappa shape index (κ1) is 13.3. The molecule has 1 aromatic rings. The van der Waals surface area contributed by atoms with Crippen LogP contribution in [0.1, 0.15) is 36.5 Å². The molecule has 0 unspecified atom stereocenters. The van der Waals surface area contributed by atoms with Crippen molar-refractivity contribution in [2.24, 2.45) is 0 Å². The molecule has 0 amide bonds. The molecule has 98 valence electrons. The standard InChI is InChI=1S/C14H19NO2S/c1-3-9-15(10-7-8-10)11-5-4-6-12(18-2)13(11)14(16)17/h4-6,10H,3,7-9H2,1-2H3,(H,16,17). The molecular formula is C14H19NO2S. The molecule has 0 atom stereocenters. The van der Waals surface area contributed by atoms with Gasteiger partial charge in [0.15, 0.2) is 0 Å². The Hall–Kier alpha value is -1.16. The Balaban J connectivity index is 2.43. The van der Waals surface area contributed by atoms with E-state index < -0.39 is 5.97 Å². The second-order valence-electron chi connectivity index (χ2n) is 4.58. The van der Waals surface area contributed by atoms with Crippen LogP contribution in [0.4, 0.5) is 5.69 Å². The number of carboxylic acid groups (broad SMARTS) is 1. The molecule has 1 saturated carbocycles. The van der Waals surface area contributed by atoms with Gasteiger partial charge >= 0.3 is 5.97 Å². The summed E-state index contributed by atoms with van der Waals surface area (Å²) in [5.74, 6) is -0.822. The first-order valence-corrected chi connectivity index (χ1v) is 7.58. The average molecular weight is 265 g/mol. The number of anilines is 1. The van der Waals surface area contributed by atoms with Crippen LogP contribution in [0.2, 0.25) is 0 Å². The number of thioether (sulfide) groups is 1. The molecule has 3 nitrogen and oxygen atoms in total. The maximum Gasteiger partial charge on any atom is 0.338 e. The van der Waals surface area contributed by atoms with Gasteiger partial charge in [-0.3, -0.25) is 0 Å². The maximum absolute atomic E-state index is 11.5. The Bertz CT molecular complexity index is 443. The number of carboxylic acids is 1. The third-order valence-electron chi connectivity index (χ3n) is 3.20. The number of aromatic carboxylic acids is 1. The minimum Gasteiger partial charge on any atom is -0.478 e. The summed E-state index contributed by atoms with van der Waals surface area (Å²) in [5, 5.41) is 9.46. The van der Waals surface area contributed by atoms with Crippen molar-refractivity contribution in [2.45, 2.75) is 37.1 Å². The highest BCUT2D eigenvalue weighted by Gasteiger charge is 2.31. The lowest BCUT2D eigenvalue weighted by Gasteiger charge is -2.26. The molecular weight excluding hydrogens is 246 g/mol. The van der Waals surface area contributed by atoms with Crippen molar-refractivity contribution in [3.8, 4) is 0 Å². The molecule has 1 aromatic carbocycles. The van der Waals surface area contributed by atoms with E-state index in [2.05, 4.69) is 11.8 Å². The van der Waals surface area contributed by atoms with E-state index in [0.29, 0.717) is 11.6 Å². The molecule has 0 radical (unpaired) electrons. The summed E-state index contributed by atoms with van der Waals surface area (Å²) in [5.41, 5.74) is 1.35. The smallest absolute Gasteiger partial charge is 0.338 e. The van der Waals surface area contributed by atoms with Gasteiger partial charge in [-0.2, -0.15) is 0 Å². The van der Waals surface area contributed by atoms with Gasteiger partial charge < -0.3 is 10.0 Å². The van der Waals surface area contributed by atoms with Crippen LogP contribution in [0.15, 0.2) is 23.1 Å². The number of nitrogens with zero attached hydrogens (tertiary/aromatic N) is 1. The van der Waals surface area contributed by atoms with Gasteiger partial charge in [-0.15, -0.1) is 11.8 Å². The van der Waals surface area contributed by atoms with Crippen molar-refractivity contribution < 1.29 is 9.90 Å². The molecule has 18 heavy (non-hydrogen) atoms. The zero-order valence-corrected chi connectivity index (χ0v) is 11.7. The highest BCUT2D eigenvalue weighted by molar-refractivity contribution is 7.98. The average Bonchev–Trinajstić information content (AvgIpc) is 3.19. The van der Waals surface area contributed by atoms with Crippen molar-refractivity contribution >= 4 is 23.4 Å². The Labute approximate surface area is 112 Å². The first-order chi connectivity index (χ1) is 8.69. The Morgan fingerprint density at radius 2 is 2.22 bits per heavy atom. The van der Waals surface area contributed by atoms with E-state index in [4.69, 9.17) is 0 Å². The third kappa shape index (κ3) is 2.64. The normalized spacial score (nSPS) is 14.6. The van der Waals surface area contributed by atoms with E-state index in [1.54, 1.807) is 0 Å². The van der Waals surface area contributed by atoms with Gasteiger partial charge in [0.25, 0.3) is 0 Å². The van der Waals surface area contributed by atoms with Gasteiger partial charge in [0, 0.05) is 17.5 Å². The lowest BCUT2D eigenvalue weighted by Crippen LogP contribution is -2.28. The molecule has 0 aromatic heterocycles. The van der Waals surface area contributed by atoms with Gasteiger partial charge in [0.1, 0.15) is 0 Å². The Morgan fingerprint density at radius 3 is 2.72 bits per heavy atom.